The number of carbonyl (C=O) groups is 4. The lowest BCUT2D eigenvalue weighted by molar-refractivity contribution is -0.142. The van der Waals surface area contributed by atoms with E-state index in [2.05, 4.69) is 10.6 Å². The molecule has 4 amide bonds. The first-order valence-corrected chi connectivity index (χ1v) is 12.7. The second kappa shape index (κ2) is 11.0. The zero-order chi connectivity index (χ0) is 26.8. The van der Waals surface area contributed by atoms with Crippen molar-refractivity contribution in [2.24, 2.45) is 17.3 Å². The lowest BCUT2D eigenvalue weighted by Crippen LogP contribution is -2.58. The molecule has 2 N–H and O–H groups in total. The van der Waals surface area contributed by atoms with Crippen LogP contribution < -0.4 is 10.6 Å². The fourth-order valence-electron chi connectivity index (χ4n) is 5.14. The van der Waals surface area contributed by atoms with Crippen LogP contribution in [-0.4, -0.2) is 64.6 Å². The van der Waals surface area contributed by atoms with Gasteiger partial charge in [-0.1, -0.05) is 46.8 Å². The zero-order valence-corrected chi connectivity index (χ0v) is 22.1. The van der Waals surface area contributed by atoms with Gasteiger partial charge in [0.1, 0.15) is 11.9 Å². The summed E-state index contributed by atoms with van der Waals surface area (Å²) in [7, 11) is 0. The van der Waals surface area contributed by atoms with Crippen LogP contribution in [0.2, 0.25) is 0 Å². The number of likely N-dealkylation sites (tertiary alicyclic amines) is 2. The number of nitrogens with one attached hydrogen (secondary N) is 2. The maximum absolute atomic E-state index is 13.9. The van der Waals surface area contributed by atoms with Crippen LogP contribution in [0.3, 0.4) is 0 Å². The predicted octanol–water partition coefficient (Wildman–Crippen LogP) is 2.47. The molecule has 2 fully saturated rings. The smallest absolute Gasteiger partial charge is 0.246 e. The van der Waals surface area contributed by atoms with Gasteiger partial charge in [0.25, 0.3) is 0 Å². The van der Waals surface area contributed by atoms with E-state index in [1.165, 1.54) is 19.1 Å². The highest BCUT2D eigenvalue weighted by atomic mass is 19.1. The van der Waals surface area contributed by atoms with Gasteiger partial charge in [-0.2, -0.15) is 0 Å². The van der Waals surface area contributed by atoms with Gasteiger partial charge in [-0.25, -0.2) is 4.39 Å². The molecular weight excluding hydrogens is 463 g/mol. The summed E-state index contributed by atoms with van der Waals surface area (Å²) >= 11 is 0. The van der Waals surface area contributed by atoms with Crippen LogP contribution in [0.15, 0.2) is 24.3 Å². The number of fused-ring (bicyclic) bond motifs is 1. The van der Waals surface area contributed by atoms with Gasteiger partial charge < -0.3 is 20.4 Å². The van der Waals surface area contributed by atoms with E-state index in [4.69, 9.17) is 0 Å². The zero-order valence-electron chi connectivity index (χ0n) is 22.1. The monoisotopic (exact) mass is 502 g/mol. The summed E-state index contributed by atoms with van der Waals surface area (Å²) in [6.07, 6.45) is 1.24. The van der Waals surface area contributed by atoms with E-state index in [0.717, 1.165) is 5.56 Å². The van der Waals surface area contributed by atoms with Gasteiger partial charge in [0.05, 0.1) is 18.0 Å². The van der Waals surface area contributed by atoms with Crippen molar-refractivity contribution in [1.29, 1.82) is 0 Å². The van der Waals surface area contributed by atoms with E-state index in [1.54, 1.807) is 21.9 Å². The highest BCUT2D eigenvalue weighted by Gasteiger charge is 2.54. The Labute approximate surface area is 213 Å². The Morgan fingerprint density at radius 1 is 1.11 bits per heavy atom. The Balaban J connectivity index is 1.83. The van der Waals surface area contributed by atoms with Crippen molar-refractivity contribution in [2.75, 3.05) is 13.1 Å². The average molecular weight is 503 g/mol. The Hall–Kier alpha value is -2.97. The molecule has 1 aromatic carbocycles. The number of benzene rings is 1. The van der Waals surface area contributed by atoms with Gasteiger partial charge in [0.15, 0.2) is 0 Å². The van der Waals surface area contributed by atoms with Crippen molar-refractivity contribution in [3.63, 3.8) is 0 Å². The van der Waals surface area contributed by atoms with Gasteiger partial charge in [0.2, 0.25) is 23.6 Å². The highest BCUT2D eigenvalue weighted by Crippen LogP contribution is 2.37. The predicted molar refractivity (Wildman–Crippen MR) is 134 cm³/mol. The molecule has 2 aliphatic heterocycles. The van der Waals surface area contributed by atoms with Crippen LogP contribution in [0, 0.1) is 23.1 Å². The summed E-state index contributed by atoms with van der Waals surface area (Å²) in [6.45, 7) is 11.8. The van der Waals surface area contributed by atoms with Crippen molar-refractivity contribution in [3.8, 4) is 0 Å². The molecule has 2 saturated heterocycles. The Kier molecular flexibility index (Phi) is 8.41. The minimum atomic E-state index is -0.757. The summed E-state index contributed by atoms with van der Waals surface area (Å²) in [5.41, 5.74) is 0.208. The Morgan fingerprint density at radius 2 is 1.75 bits per heavy atom. The maximum atomic E-state index is 13.9. The molecular formula is C27H39FN4O4. The lowest BCUT2D eigenvalue weighted by atomic mass is 9.84. The molecule has 36 heavy (non-hydrogen) atoms. The third-order valence-corrected chi connectivity index (χ3v) is 7.49. The molecule has 8 nitrogen and oxygen atoms in total. The first-order valence-electron chi connectivity index (χ1n) is 12.7. The fourth-order valence-corrected chi connectivity index (χ4v) is 5.14. The maximum Gasteiger partial charge on any atom is 0.246 e. The molecule has 9 heteroatoms. The van der Waals surface area contributed by atoms with Crippen molar-refractivity contribution in [2.45, 2.75) is 79.1 Å². The number of halogens is 1. The number of carbonyl (C=O) groups excluding carboxylic acids is 4. The molecule has 3 rings (SSSR count). The number of amides is 4. The summed E-state index contributed by atoms with van der Waals surface area (Å²) < 4.78 is 13.2. The molecule has 1 aromatic rings. The molecule has 5 atom stereocenters. The van der Waals surface area contributed by atoms with Crippen LogP contribution in [0.5, 0.6) is 0 Å². The minimum Gasteiger partial charge on any atom is -0.352 e. The molecule has 2 heterocycles. The fraction of sp³-hybridized carbons (Fsp3) is 0.630. The molecule has 0 radical (unpaired) electrons. The van der Waals surface area contributed by atoms with Crippen molar-refractivity contribution in [1.82, 2.24) is 20.4 Å². The molecule has 0 unspecified atom stereocenters. The van der Waals surface area contributed by atoms with Gasteiger partial charge in [0, 0.05) is 32.5 Å². The van der Waals surface area contributed by atoms with Crippen LogP contribution >= 0.6 is 0 Å². The van der Waals surface area contributed by atoms with Crippen molar-refractivity contribution < 1.29 is 23.6 Å². The van der Waals surface area contributed by atoms with E-state index in [-0.39, 0.29) is 54.5 Å². The first-order chi connectivity index (χ1) is 16.8. The van der Waals surface area contributed by atoms with Crippen molar-refractivity contribution >= 4 is 23.6 Å². The lowest BCUT2D eigenvalue weighted by Gasteiger charge is -2.37. The second-order valence-corrected chi connectivity index (χ2v) is 11.1. The minimum absolute atomic E-state index is 0.134. The normalized spacial score (nSPS) is 23.1. The van der Waals surface area contributed by atoms with Gasteiger partial charge in [-0.3, -0.25) is 19.2 Å². The number of hydrogen-bond acceptors (Lipinski definition) is 4. The van der Waals surface area contributed by atoms with Crippen LogP contribution in [0.1, 0.15) is 59.9 Å². The van der Waals surface area contributed by atoms with Crippen LogP contribution in [-0.2, 0) is 25.7 Å². The molecule has 0 saturated carbocycles. The summed E-state index contributed by atoms with van der Waals surface area (Å²) in [5, 5.41) is 5.85. The molecule has 0 aromatic heterocycles. The average Bonchev–Trinajstić information content (AvgIpc) is 3.41. The second-order valence-electron chi connectivity index (χ2n) is 11.1. The molecule has 2 aliphatic rings. The molecule has 0 aliphatic carbocycles. The summed E-state index contributed by atoms with van der Waals surface area (Å²) in [6, 6.07) is 4.40. The van der Waals surface area contributed by atoms with Crippen LogP contribution in [0.4, 0.5) is 4.39 Å². The van der Waals surface area contributed by atoms with Gasteiger partial charge >= 0.3 is 0 Å². The standard InChI is InChI=1S/C27H39FN4O4/c1-7-16(2)24(34)30-23(27(4,5)6)26(36)31-13-12-21-22(31)20(15-32(21)17(3)33)25(35)29-14-18-8-10-19(28)11-9-18/h8-11,16,20-23H,7,12-15H2,1-6H3,(H,29,35)(H,30,34)/t16-,20+,21-,22-,23-/m1/s1. The highest BCUT2D eigenvalue weighted by molar-refractivity contribution is 5.91. The van der Waals surface area contributed by atoms with E-state index in [1.807, 2.05) is 34.6 Å². The third-order valence-electron chi connectivity index (χ3n) is 7.49. The van der Waals surface area contributed by atoms with Crippen LogP contribution in [0.25, 0.3) is 0 Å². The molecule has 198 valence electrons. The Morgan fingerprint density at radius 3 is 2.31 bits per heavy atom. The van der Waals surface area contributed by atoms with Gasteiger partial charge in [-0.05, 0) is 36.0 Å². The topological polar surface area (TPSA) is 98.8 Å². The number of hydrogen-bond donors (Lipinski definition) is 2. The van der Waals surface area contributed by atoms with E-state index in [9.17, 15) is 23.6 Å². The van der Waals surface area contributed by atoms with E-state index >= 15 is 0 Å². The number of rotatable bonds is 7. The van der Waals surface area contributed by atoms with Crippen molar-refractivity contribution in [3.05, 3.63) is 35.6 Å². The first kappa shape index (κ1) is 27.6. The largest absolute Gasteiger partial charge is 0.352 e. The third kappa shape index (κ3) is 5.87. The van der Waals surface area contributed by atoms with Gasteiger partial charge in [-0.15, -0.1) is 0 Å². The molecule has 0 spiro atoms. The molecule has 0 bridgehead atoms. The number of nitrogens with zero attached hydrogens (tertiary/aromatic N) is 2. The quantitative estimate of drug-likeness (QED) is 0.599. The SMILES string of the molecule is CC[C@@H](C)C(=O)N[C@H](C(=O)N1CC[C@@H]2[C@H]1[C@@H](C(=O)NCc1ccc(F)cc1)CN2C(C)=O)C(C)(C)C. The van der Waals surface area contributed by atoms with E-state index in [0.29, 0.717) is 19.4 Å². The summed E-state index contributed by atoms with van der Waals surface area (Å²) in [4.78, 5) is 55.7. The Bertz CT molecular complexity index is 990. The van der Waals surface area contributed by atoms with E-state index < -0.39 is 23.4 Å². The summed E-state index contributed by atoms with van der Waals surface area (Å²) in [5.74, 6) is -1.97.